The molecule has 0 unspecified atom stereocenters. The fraction of sp³-hybridized carbons (Fsp3) is 0. The highest BCUT2D eigenvalue weighted by atomic mass is 79.9. The van der Waals surface area contributed by atoms with Crippen molar-refractivity contribution in [2.24, 2.45) is 0 Å². The molecule has 0 saturated heterocycles. The van der Waals surface area contributed by atoms with Gasteiger partial charge in [0, 0.05) is 10.5 Å². The number of carboxylic acids is 1. The summed E-state index contributed by atoms with van der Waals surface area (Å²) in [7, 11) is 0. The third-order valence-electron chi connectivity index (χ3n) is 1.36. The number of halogens is 5. The third kappa shape index (κ3) is 5.02. The van der Waals surface area contributed by atoms with E-state index in [1.54, 1.807) is 0 Å². The molecule has 0 heterocycles. The lowest BCUT2D eigenvalue weighted by Crippen LogP contribution is -1.82. The Balaban J connectivity index is 0.000000437. The summed E-state index contributed by atoms with van der Waals surface area (Å²) in [6, 6.07) is 0. The first kappa shape index (κ1) is 17.6. The number of rotatable bonds is 1. The van der Waals surface area contributed by atoms with Gasteiger partial charge in [0.25, 0.3) is 0 Å². The van der Waals surface area contributed by atoms with Gasteiger partial charge in [-0.3, -0.25) is 0 Å². The Morgan fingerprint density at radius 2 is 1.18 bits per heavy atom. The monoisotopic (exact) mass is 556 g/mol. The lowest BCUT2D eigenvalue weighted by molar-refractivity contribution is -0.131. The van der Waals surface area contributed by atoms with Crippen molar-refractivity contribution in [3.63, 3.8) is 0 Å². The highest BCUT2D eigenvalue weighted by Gasteiger charge is 2.16. The molecule has 0 aliphatic rings. The maximum Gasteiger partial charge on any atom is 0.327 e. The zero-order valence-electron chi connectivity index (χ0n) is 7.98. The Bertz CT molecular complexity index is 353. The summed E-state index contributed by atoms with van der Waals surface area (Å²) in [5.74, 6) is -0.818. The summed E-state index contributed by atoms with van der Waals surface area (Å²) in [4.78, 5) is 9.25. The van der Waals surface area contributed by atoms with E-state index in [2.05, 4.69) is 86.2 Å². The van der Waals surface area contributed by atoms with Crippen LogP contribution in [0.15, 0.2) is 35.0 Å². The number of carboxylic acid groups (broad SMARTS) is 1. The van der Waals surface area contributed by atoms with E-state index in [4.69, 9.17) is 5.11 Å². The summed E-state index contributed by atoms with van der Waals surface area (Å²) in [5, 5.41) is 17.1. The first-order chi connectivity index (χ1) is 7.73. The molecule has 2 N–H and O–H groups in total. The van der Waals surface area contributed by atoms with Crippen LogP contribution in [0.2, 0.25) is 0 Å². The van der Waals surface area contributed by atoms with Crippen LogP contribution in [0.3, 0.4) is 0 Å². The normalized spacial score (nSPS) is 9.24. The van der Waals surface area contributed by atoms with Gasteiger partial charge in [-0.15, -0.1) is 0 Å². The third-order valence-corrected chi connectivity index (χ3v) is 7.41. The fourth-order valence-electron chi connectivity index (χ4n) is 0.593. The van der Waals surface area contributed by atoms with Crippen LogP contribution in [0.1, 0.15) is 0 Å². The maximum absolute atomic E-state index is 9.52. The van der Waals surface area contributed by atoms with Crippen LogP contribution < -0.4 is 0 Å². The van der Waals surface area contributed by atoms with Gasteiger partial charge >= 0.3 is 5.97 Å². The van der Waals surface area contributed by atoms with Crippen LogP contribution in [0.25, 0.3) is 0 Å². The molecule has 1 aromatic rings. The molecule has 17 heavy (non-hydrogen) atoms. The van der Waals surface area contributed by atoms with Crippen LogP contribution in [0, 0.1) is 0 Å². The van der Waals surface area contributed by atoms with Gasteiger partial charge < -0.3 is 10.2 Å². The van der Waals surface area contributed by atoms with Crippen molar-refractivity contribution < 1.29 is 15.0 Å². The number of hydrogen-bond donors (Lipinski definition) is 2. The van der Waals surface area contributed by atoms with E-state index in [0.29, 0.717) is 8.95 Å². The van der Waals surface area contributed by atoms with E-state index in [0.717, 1.165) is 19.5 Å². The van der Waals surface area contributed by atoms with Crippen molar-refractivity contribution in [2.45, 2.75) is 0 Å². The van der Waals surface area contributed by atoms with E-state index in [-0.39, 0.29) is 5.75 Å². The number of carbonyl (C=O) groups is 1. The minimum Gasteiger partial charge on any atom is -0.505 e. The van der Waals surface area contributed by atoms with Crippen LogP contribution in [0.4, 0.5) is 0 Å². The second-order valence-corrected chi connectivity index (χ2v) is 6.43. The average Bonchev–Trinajstić information content (AvgIpc) is 2.32. The molecule has 3 nitrogen and oxygen atoms in total. The smallest absolute Gasteiger partial charge is 0.327 e. The molecule has 8 heteroatoms. The topological polar surface area (TPSA) is 57.5 Å². The molecule has 0 fully saturated rings. The predicted molar refractivity (Wildman–Crippen MR) is 84.4 cm³/mol. The summed E-state index contributed by atoms with van der Waals surface area (Å²) in [6.45, 7) is 2.96. The fourth-order valence-corrected chi connectivity index (χ4v) is 3.62. The van der Waals surface area contributed by atoms with Gasteiger partial charge in [0.15, 0.2) is 0 Å². The van der Waals surface area contributed by atoms with E-state index in [9.17, 15) is 9.90 Å². The summed E-state index contributed by atoms with van der Waals surface area (Å²) >= 11 is 16.4. The summed E-state index contributed by atoms with van der Waals surface area (Å²) in [6.07, 6.45) is 0.833. The molecule has 0 aliphatic carbocycles. The van der Waals surface area contributed by atoms with E-state index < -0.39 is 5.97 Å². The SMILES string of the molecule is C=CC(=O)O.Oc1c(Br)c(Br)c(Br)c(Br)c1Br. The van der Waals surface area contributed by atoms with Gasteiger partial charge in [-0.25, -0.2) is 4.79 Å². The largest absolute Gasteiger partial charge is 0.505 e. The molecule has 94 valence electrons. The molecule has 0 atom stereocenters. The number of phenolic OH excluding ortho intramolecular Hbond substituents is 1. The zero-order valence-corrected chi connectivity index (χ0v) is 15.9. The van der Waals surface area contributed by atoms with Crippen molar-refractivity contribution in [1.29, 1.82) is 0 Å². The Labute approximate surface area is 140 Å². The average molecular weight is 561 g/mol. The molecule has 0 saturated carbocycles. The number of aliphatic carboxylic acids is 1. The molecular weight excluding hydrogens is 556 g/mol. The summed E-state index contributed by atoms with van der Waals surface area (Å²) in [5.41, 5.74) is 0. The molecule has 0 bridgehead atoms. The van der Waals surface area contributed by atoms with Crippen molar-refractivity contribution in [3.8, 4) is 5.75 Å². The number of aromatic hydroxyl groups is 1. The first-order valence-corrected chi connectivity index (χ1v) is 7.76. The van der Waals surface area contributed by atoms with Gasteiger partial charge in [0.2, 0.25) is 0 Å². The number of benzene rings is 1. The molecule has 0 radical (unpaired) electrons. The second-order valence-electron chi connectivity index (χ2n) is 2.46. The van der Waals surface area contributed by atoms with E-state index in [1.807, 2.05) is 0 Å². The van der Waals surface area contributed by atoms with Crippen molar-refractivity contribution >= 4 is 85.6 Å². The Morgan fingerprint density at radius 1 is 0.941 bits per heavy atom. The minimum atomic E-state index is -0.981. The predicted octanol–water partition coefficient (Wildman–Crippen LogP) is 5.46. The zero-order chi connectivity index (χ0) is 13.7. The van der Waals surface area contributed by atoms with Crippen LogP contribution in [-0.4, -0.2) is 16.2 Å². The van der Waals surface area contributed by atoms with Crippen LogP contribution in [0.5, 0.6) is 5.75 Å². The van der Waals surface area contributed by atoms with Crippen molar-refractivity contribution in [3.05, 3.63) is 35.0 Å². The lowest BCUT2D eigenvalue weighted by Gasteiger charge is -2.07. The maximum atomic E-state index is 9.52. The quantitative estimate of drug-likeness (QED) is 0.273. The Morgan fingerprint density at radius 3 is 1.41 bits per heavy atom. The molecule has 0 amide bonds. The minimum absolute atomic E-state index is 0.164. The molecule has 0 aromatic heterocycles. The van der Waals surface area contributed by atoms with E-state index >= 15 is 0 Å². The van der Waals surface area contributed by atoms with Crippen molar-refractivity contribution in [1.82, 2.24) is 0 Å². The van der Waals surface area contributed by atoms with Crippen LogP contribution >= 0.6 is 79.6 Å². The van der Waals surface area contributed by atoms with Crippen molar-refractivity contribution in [2.75, 3.05) is 0 Å². The summed E-state index contributed by atoms with van der Waals surface area (Å²) < 4.78 is 3.62. The van der Waals surface area contributed by atoms with Gasteiger partial charge in [-0.2, -0.15) is 0 Å². The second kappa shape index (κ2) is 7.93. The molecule has 1 aromatic carbocycles. The number of phenols is 1. The van der Waals surface area contributed by atoms with E-state index in [1.165, 1.54) is 0 Å². The Kier molecular flexibility index (Phi) is 8.23. The first-order valence-electron chi connectivity index (χ1n) is 3.79. The number of hydrogen-bond acceptors (Lipinski definition) is 2. The highest BCUT2D eigenvalue weighted by Crippen LogP contribution is 2.47. The van der Waals surface area contributed by atoms with Gasteiger partial charge in [0.1, 0.15) is 5.75 Å². The highest BCUT2D eigenvalue weighted by molar-refractivity contribution is 9.15. The Hall–Kier alpha value is 0.630. The van der Waals surface area contributed by atoms with Crippen LogP contribution in [-0.2, 0) is 4.79 Å². The molecular formula is C9H5Br5O3. The van der Waals surface area contributed by atoms with Gasteiger partial charge in [-0.1, -0.05) is 6.58 Å². The lowest BCUT2D eigenvalue weighted by atomic mass is 10.3. The van der Waals surface area contributed by atoms with Gasteiger partial charge in [-0.05, 0) is 79.6 Å². The molecule has 0 spiro atoms. The van der Waals surface area contributed by atoms with Gasteiger partial charge in [0.05, 0.1) is 17.9 Å². The molecule has 1 rings (SSSR count). The standard InChI is InChI=1S/C6HBr5O.C3H4O2/c7-1-2(8)4(10)6(12)5(11)3(1)9;1-2-3(4)5/h12H;2H,1H2,(H,4,5). The molecule has 0 aliphatic heterocycles.